The molecule has 3 aromatic rings. The van der Waals surface area contributed by atoms with Gasteiger partial charge in [0.2, 0.25) is 0 Å². The highest BCUT2D eigenvalue weighted by Crippen LogP contribution is 2.36. The van der Waals surface area contributed by atoms with Crippen molar-refractivity contribution in [1.29, 1.82) is 0 Å². The first-order valence-corrected chi connectivity index (χ1v) is 10.3. The maximum atomic E-state index is 13.1. The van der Waals surface area contributed by atoms with Gasteiger partial charge in [-0.15, -0.1) is 0 Å². The van der Waals surface area contributed by atoms with E-state index < -0.39 is 36.1 Å². The molecule has 182 valence electrons. The van der Waals surface area contributed by atoms with Crippen LogP contribution in [0.4, 0.5) is 26.3 Å². The van der Waals surface area contributed by atoms with E-state index in [0.717, 1.165) is 16.6 Å². The zero-order valence-electron chi connectivity index (χ0n) is 17.9. The number of aryl methyl sites for hydroxylation is 1. The summed E-state index contributed by atoms with van der Waals surface area (Å²) in [4.78, 5) is 13.0. The number of benzene rings is 2. The molecule has 0 spiro atoms. The number of nitrogens with zero attached hydrogens (tertiary/aromatic N) is 2. The third kappa shape index (κ3) is 4.98. The van der Waals surface area contributed by atoms with Crippen LogP contribution < -0.4 is 4.74 Å². The van der Waals surface area contributed by atoms with Crippen LogP contribution in [0.3, 0.4) is 0 Å². The van der Waals surface area contributed by atoms with Crippen molar-refractivity contribution in [1.82, 2.24) is 9.47 Å². The second-order valence-electron chi connectivity index (χ2n) is 8.35. The minimum Gasteiger partial charge on any atom is -0.489 e. The van der Waals surface area contributed by atoms with Crippen LogP contribution >= 0.6 is 0 Å². The Morgan fingerprint density at radius 3 is 2.18 bits per heavy atom. The molecule has 0 aliphatic carbocycles. The number of aromatic nitrogens is 1. The lowest BCUT2D eigenvalue weighted by Crippen LogP contribution is -2.49. The van der Waals surface area contributed by atoms with Gasteiger partial charge in [-0.25, -0.2) is 0 Å². The number of carboxylic acids is 1. The highest BCUT2D eigenvalue weighted by Gasteiger charge is 2.37. The maximum absolute atomic E-state index is 13.1. The topological polar surface area (TPSA) is 54.7 Å². The number of hydrogen-bond acceptors (Lipinski definition) is 3. The van der Waals surface area contributed by atoms with Gasteiger partial charge >= 0.3 is 18.3 Å². The lowest BCUT2D eigenvalue weighted by atomic mass is 10.0. The van der Waals surface area contributed by atoms with Gasteiger partial charge < -0.3 is 14.4 Å². The summed E-state index contributed by atoms with van der Waals surface area (Å²) in [5.74, 6) is -0.896. The SMILES string of the molecule is Cn1c(CN2CC(C(=O)O)C2)cc2cc(OCc3cc(C(F)(F)F)cc(C(F)(F)F)c3)ccc21. The van der Waals surface area contributed by atoms with E-state index in [1.165, 1.54) is 0 Å². The lowest BCUT2D eigenvalue weighted by Gasteiger charge is -2.36. The molecule has 1 fully saturated rings. The Hall–Kier alpha value is -3.21. The largest absolute Gasteiger partial charge is 0.489 e. The van der Waals surface area contributed by atoms with Crippen LogP contribution in [-0.4, -0.2) is 33.6 Å². The maximum Gasteiger partial charge on any atom is 0.416 e. The summed E-state index contributed by atoms with van der Waals surface area (Å²) >= 11 is 0. The Morgan fingerprint density at radius 2 is 1.62 bits per heavy atom. The molecule has 1 N–H and O–H groups in total. The highest BCUT2D eigenvalue weighted by atomic mass is 19.4. The quantitative estimate of drug-likeness (QED) is 0.480. The molecule has 5 nitrogen and oxygen atoms in total. The number of carboxylic acid groups (broad SMARTS) is 1. The summed E-state index contributed by atoms with van der Waals surface area (Å²) in [5, 5.41) is 9.78. The predicted octanol–water partition coefficient (Wildman–Crippen LogP) is 5.31. The van der Waals surface area contributed by atoms with Crippen molar-refractivity contribution in [2.24, 2.45) is 13.0 Å². The van der Waals surface area contributed by atoms with E-state index in [1.807, 2.05) is 22.6 Å². The molecule has 1 aliphatic heterocycles. The standard InChI is InChI=1S/C23H20F6N2O3/c1-30-18(11-31-9-15(10-31)21(32)33)6-14-7-19(2-3-20(14)30)34-12-13-4-16(22(24,25)26)8-17(5-13)23(27,28)29/h2-8,15H,9-12H2,1H3,(H,32,33). The Morgan fingerprint density at radius 1 is 1.00 bits per heavy atom. The lowest BCUT2D eigenvalue weighted by molar-refractivity contribution is -0.148. The van der Waals surface area contributed by atoms with Crippen LogP contribution in [0.5, 0.6) is 5.75 Å². The first-order chi connectivity index (χ1) is 15.8. The number of aliphatic carboxylic acids is 1. The Balaban J connectivity index is 1.50. The van der Waals surface area contributed by atoms with E-state index in [4.69, 9.17) is 9.84 Å². The van der Waals surface area contributed by atoms with E-state index in [1.54, 1.807) is 18.2 Å². The Bertz CT molecular complexity index is 1190. The number of fused-ring (bicyclic) bond motifs is 1. The summed E-state index contributed by atoms with van der Waals surface area (Å²) in [5.41, 5.74) is -1.23. The number of likely N-dealkylation sites (tertiary alicyclic amines) is 1. The molecule has 0 amide bonds. The fourth-order valence-electron chi connectivity index (χ4n) is 3.98. The van der Waals surface area contributed by atoms with Crippen LogP contribution in [0.2, 0.25) is 0 Å². The zero-order valence-corrected chi connectivity index (χ0v) is 17.9. The summed E-state index contributed by atoms with van der Waals surface area (Å²) in [7, 11) is 1.86. The van der Waals surface area contributed by atoms with E-state index in [0.29, 0.717) is 37.5 Å². The van der Waals surface area contributed by atoms with Gasteiger partial charge in [0.1, 0.15) is 12.4 Å². The molecule has 0 unspecified atom stereocenters. The summed E-state index contributed by atoms with van der Waals surface area (Å²) in [6, 6.07) is 8.26. The van der Waals surface area contributed by atoms with Crippen LogP contribution in [0.1, 0.15) is 22.4 Å². The van der Waals surface area contributed by atoms with Crippen LogP contribution in [0, 0.1) is 5.92 Å². The molecule has 0 saturated carbocycles. The second-order valence-corrected chi connectivity index (χ2v) is 8.35. The summed E-state index contributed by atoms with van der Waals surface area (Å²) in [6.45, 7) is 1.00. The van der Waals surface area contributed by atoms with Crippen molar-refractivity contribution >= 4 is 16.9 Å². The van der Waals surface area contributed by atoms with Gasteiger partial charge in [0.25, 0.3) is 0 Å². The van der Waals surface area contributed by atoms with Gasteiger partial charge in [0.15, 0.2) is 0 Å². The third-order valence-corrected chi connectivity index (χ3v) is 5.86. The smallest absolute Gasteiger partial charge is 0.416 e. The van der Waals surface area contributed by atoms with Crippen molar-refractivity contribution in [3.05, 3.63) is 64.8 Å². The van der Waals surface area contributed by atoms with Gasteiger partial charge in [0, 0.05) is 43.3 Å². The van der Waals surface area contributed by atoms with Crippen molar-refractivity contribution in [2.45, 2.75) is 25.5 Å². The van der Waals surface area contributed by atoms with Crippen LogP contribution in [0.15, 0.2) is 42.5 Å². The van der Waals surface area contributed by atoms with Gasteiger partial charge in [-0.3, -0.25) is 9.69 Å². The Kier molecular flexibility index (Phi) is 6.01. The average molecular weight is 486 g/mol. The molecule has 1 saturated heterocycles. The first kappa shape index (κ1) is 23.9. The average Bonchev–Trinajstić information content (AvgIpc) is 3.02. The predicted molar refractivity (Wildman–Crippen MR) is 110 cm³/mol. The number of halogens is 6. The molecule has 2 aromatic carbocycles. The minimum atomic E-state index is -4.92. The highest BCUT2D eigenvalue weighted by molar-refractivity contribution is 5.82. The minimum absolute atomic E-state index is 0.0812. The van der Waals surface area contributed by atoms with Crippen molar-refractivity contribution in [3.63, 3.8) is 0 Å². The van der Waals surface area contributed by atoms with E-state index in [-0.39, 0.29) is 17.5 Å². The fraction of sp³-hybridized carbons (Fsp3) is 0.348. The fourth-order valence-corrected chi connectivity index (χ4v) is 3.98. The molecule has 2 heterocycles. The van der Waals surface area contributed by atoms with E-state index >= 15 is 0 Å². The first-order valence-electron chi connectivity index (χ1n) is 10.3. The normalized spacial score (nSPS) is 15.5. The molecule has 0 atom stereocenters. The number of alkyl halides is 6. The molecule has 0 radical (unpaired) electrons. The molecule has 4 rings (SSSR count). The molecule has 0 bridgehead atoms. The van der Waals surface area contributed by atoms with Crippen molar-refractivity contribution in [2.75, 3.05) is 13.1 Å². The van der Waals surface area contributed by atoms with Crippen LogP contribution in [0.25, 0.3) is 10.9 Å². The van der Waals surface area contributed by atoms with Crippen LogP contribution in [-0.2, 0) is 37.3 Å². The Labute approximate surface area is 190 Å². The number of ether oxygens (including phenoxy) is 1. The molecule has 1 aliphatic rings. The van der Waals surface area contributed by atoms with E-state index in [2.05, 4.69) is 0 Å². The van der Waals surface area contributed by atoms with Gasteiger partial charge in [-0.1, -0.05) is 0 Å². The van der Waals surface area contributed by atoms with E-state index in [9.17, 15) is 31.1 Å². The molecule has 34 heavy (non-hydrogen) atoms. The number of rotatable bonds is 6. The van der Waals surface area contributed by atoms with Gasteiger partial charge in [-0.2, -0.15) is 26.3 Å². The molecule has 11 heteroatoms. The number of carbonyl (C=O) groups is 1. The second kappa shape index (κ2) is 8.53. The van der Waals surface area contributed by atoms with Crippen molar-refractivity contribution in [3.8, 4) is 5.75 Å². The zero-order chi connectivity index (χ0) is 24.8. The van der Waals surface area contributed by atoms with Gasteiger partial charge in [0.05, 0.1) is 17.0 Å². The molecular formula is C23H20F6N2O3. The monoisotopic (exact) mass is 486 g/mol. The van der Waals surface area contributed by atoms with Gasteiger partial charge in [-0.05, 0) is 48.0 Å². The summed E-state index contributed by atoms with van der Waals surface area (Å²) < 4.78 is 85.8. The third-order valence-electron chi connectivity index (χ3n) is 5.86. The summed E-state index contributed by atoms with van der Waals surface area (Å²) in [6.07, 6.45) is -9.84. The molecular weight excluding hydrogens is 466 g/mol. The van der Waals surface area contributed by atoms with Crippen molar-refractivity contribution < 1.29 is 41.0 Å². The number of hydrogen-bond donors (Lipinski definition) is 1. The molecule has 1 aromatic heterocycles.